The molecule has 0 aliphatic rings. The zero-order valence-corrected chi connectivity index (χ0v) is 10.3. The van der Waals surface area contributed by atoms with E-state index in [9.17, 15) is 0 Å². The average Bonchev–Trinajstić information content (AvgIpc) is 3.03. The van der Waals surface area contributed by atoms with Crippen molar-refractivity contribution in [3.63, 3.8) is 0 Å². The number of benzene rings is 1. The Hall–Kier alpha value is -2.47. The van der Waals surface area contributed by atoms with Crippen LogP contribution in [0, 0.1) is 0 Å². The summed E-state index contributed by atoms with van der Waals surface area (Å²) in [5.41, 5.74) is 2.46. The second-order valence-corrected chi connectivity index (χ2v) is 4.39. The second kappa shape index (κ2) is 3.76. The van der Waals surface area contributed by atoms with Gasteiger partial charge in [-0.25, -0.2) is 4.98 Å². The van der Waals surface area contributed by atoms with E-state index in [1.54, 1.807) is 12.5 Å². The highest BCUT2D eigenvalue weighted by molar-refractivity contribution is 6.28. The second-order valence-electron chi connectivity index (χ2n) is 4.05. The Morgan fingerprint density at radius 1 is 1.16 bits per heavy atom. The Kier molecular flexibility index (Phi) is 2.07. The summed E-state index contributed by atoms with van der Waals surface area (Å²) in [4.78, 5) is 12.7. The lowest BCUT2D eigenvalue weighted by Crippen LogP contribution is -1.98. The van der Waals surface area contributed by atoms with Crippen LogP contribution >= 0.6 is 11.6 Å². The van der Waals surface area contributed by atoms with Gasteiger partial charge in [0, 0.05) is 0 Å². The number of nitrogens with zero attached hydrogens (tertiary/aromatic N) is 5. The number of hydrogen-bond donors (Lipinski definition) is 1. The molecular formula is C12H7ClN6. The van der Waals surface area contributed by atoms with E-state index >= 15 is 0 Å². The fourth-order valence-corrected chi connectivity index (χ4v) is 2.27. The van der Waals surface area contributed by atoms with Gasteiger partial charge in [0.25, 0.3) is 0 Å². The highest BCUT2D eigenvalue weighted by Gasteiger charge is 2.12. The van der Waals surface area contributed by atoms with Gasteiger partial charge in [-0.15, -0.1) is 0 Å². The molecule has 0 aliphatic heterocycles. The molecule has 0 atom stereocenters. The van der Waals surface area contributed by atoms with Crippen molar-refractivity contribution in [2.75, 3.05) is 0 Å². The van der Waals surface area contributed by atoms with Crippen molar-refractivity contribution in [1.82, 2.24) is 29.7 Å². The van der Waals surface area contributed by atoms with Gasteiger partial charge in [0.15, 0.2) is 11.5 Å². The third-order valence-electron chi connectivity index (χ3n) is 2.94. The summed E-state index contributed by atoms with van der Waals surface area (Å²) >= 11 is 5.95. The SMILES string of the molecule is Clc1nc(-n2cnc3ccccc32)c2cn[nH]c2n1. The third kappa shape index (κ3) is 1.50. The van der Waals surface area contributed by atoms with E-state index in [0.29, 0.717) is 11.5 Å². The summed E-state index contributed by atoms with van der Waals surface area (Å²) in [6, 6.07) is 7.82. The van der Waals surface area contributed by atoms with Crippen LogP contribution in [-0.2, 0) is 0 Å². The highest BCUT2D eigenvalue weighted by atomic mass is 35.5. The van der Waals surface area contributed by atoms with Crippen LogP contribution in [0.5, 0.6) is 0 Å². The Bertz CT molecular complexity index is 893. The number of rotatable bonds is 1. The molecule has 3 heterocycles. The van der Waals surface area contributed by atoms with Gasteiger partial charge in [-0.3, -0.25) is 9.67 Å². The molecule has 7 heteroatoms. The summed E-state index contributed by atoms with van der Waals surface area (Å²) in [6.07, 6.45) is 3.39. The maximum Gasteiger partial charge on any atom is 0.226 e. The maximum atomic E-state index is 5.95. The number of aromatic nitrogens is 6. The van der Waals surface area contributed by atoms with Gasteiger partial charge in [0.1, 0.15) is 6.33 Å². The van der Waals surface area contributed by atoms with E-state index in [-0.39, 0.29) is 5.28 Å². The Morgan fingerprint density at radius 2 is 2.05 bits per heavy atom. The minimum absolute atomic E-state index is 0.171. The first-order chi connectivity index (χ1) is 9.33. The normalized spacial score (nSPS) is 11.4. The molecule has 0 amide bonds. The van der Waals surface area contributed by atoms with E-state index in [2.05, 4.69) is 25.1 Å². The molecule has 19 heavy (non-hydrogen) atoms. The summed E-state index contributed by atoms with van der Waals surface area (Å²) in [5, 5.41) is 7.73. The summed E-state index contributed by atoms with van der Waals surface area (Å²) in [7, 11) is 0. The predicted molar refractivity (Wildman–Crippen MR) is 71.3 cm³/mol. The first-order valence-corrected chi connectivity index (χ1v) is 6.00. The van der Waals surface area contributed by atoms with Crippen molar-refractivity contribution in [3.8, 4) is 5.82 Å². The molecule has 0 unspecified atom stereocenters. The number of imidazole rings is 1. The largest absolute Gasteiger partial charge is 0.282 e. The number of H-pyrrole nitrogens is 1. The van der Waals surface area contributed by atoms with E-state index in [1.807, 2.05) is 28.8 Å². The van der Waals surface area contributed by atoms with Crippen LogP contribution in [0.4, 0.5) is 0 Å². The lowest BCUT2D eigenvalue weighted by Gasteiger charge is -2.04. The van der Waals surface area contributed by atoms with E-state index in [4.69, 9.17) is 11.6 Å². The van der Waals surface area contributed by atoms with Crippen LogP contribution in [0.15, 0.2) is 36.8 Å². The van der Waals surface area contributed by atoms with Crippen LogP contribution in [0.3, 0.4) is 0 Å². The molecular weight excluding hydrogens is 264 g/mol. The molecule has 0 bridgehead atoms. The van der Waals surface area contributed by atoms with Crippen LogP contribution in [0.2, 0.25) is 5.28 Å². The van der Waals surface area contributed by atoms with E-state index < -0.39 is 0 Å². The molecule has 4 rings (SSSR count). The van der Waals surface area contributed by atoms with Crippen molar-refractivity contribution in [2.45, 2.75) is 0 Å². The first-order valence-electron chi connectivity index (χ1n) is 5.62. The molecule has 92 valence electrons. The standard InChI is InChI=1S/C12H7ClN6/c13-12-16-10-7(5-15-18-10)11(17-12)19-6-14-8-3-1-2-4-9(8)19/h1-6H,(H,15,16,17,18). The van der Waals surface area contributed by atoms with Crippen LogP contribution in [-0.4, -0.2) is 29.7 Å². The Morgan fingerprint density at radius 3 is 3.00 bits per heavy atom. The van der Waals surface area contributed by atoms with Crippen molar-refractivity contribution >= 4 is 33.7 Å². The maximum absolute atomic E-state index is 5.95. The fourth-order valence-electron chi connectivity index (χ4n) is 2.10. The third-order valence-corrected chi connectivity index (χ3v) is 3.11. The topological polar surface area (TPSA) is 72.3 Å². The van der Waals surface area contributed by atoms with Crippen molar-refractivity contribution < 1.29 is 0 Å². The molecule has 3 aromatic heterocycles. The van der Waals surface area contributed by atoms with Gasteiger partial charge in [0.2, 0.25) is 5.28 Å². The number of hydrogen-bond acceptors (Lipinski definition) is 4. The highest BCUT2D eigenvalue weighted by Crippen LogP contribution is 2.23. The minimum Gasteiger partial charge on any atom is -0.282 e. The van der Waals surface area contributed by atoms with E-state index in [1.165, 1.54) is 0 Å². The lowest BCUT2D eigenvalue weighted by atomic mass is 10.3. The molecule has 0 saturated heterocycles. The number of fused-ring (bicyclic) bond motifs is 2. The van der Waals surface area contributed by atoms with Gasteiger partial charge in [-0.05, 0) is 23.7 Å². The molecule has 1 aromatic carbocycles. The molecule has 0 aliphatic carbocycles. The number of aromatic amines is 1. The molecule has 0 saturated carbocycles. The molecule has 1 N–H and O–H groups in total. The molecule has 0 fully saturated rings. The zero-order chi connectivity index (χ0) is 12.8. The number of halogens is 1. The van der Waals surface area contributed by atoms with Gasteiger partial charge in [-0.2, -0.15) is 15.1 Å². The van der Waals surface area contributed by atoms with Gasteiger partial charge < -0.3 is 0 Å². The van der Waals surface area contributed by atoms with E-state index in [0.717, 1.165) is 16.4 Å². The van der Waals surface area contributed by atoms with Crippen LogP contribution in [0.1, 0.15) is 0 Å². The smallest absolute Gasteiger partial charge is 0.226 e. The molecule has 4 aromatic rings. The average molecular weight is 271 g/mol. The predicted octanol–water partition coefficient (Wildman–Crippen LogP) is 2.35. The van der Waals surface area contributed by atoms with Gasteiger partial charge >= 0.3 is 0 Å². The fraction of sp³-hybridized carbons (Fsp3) is 0. The first kappa shape index (κ1) is 10.5. The Balaban J connectivity index is 2.11. The number of nitrogens with one attached hydrogen (secondary N) is 1. The zero-order valence-electron chi connectivity index (χ0n) is 9.58. The summed E-state index contributed by atoms with van der Waals surface area (Å²) in [6.45, 7) is 0. The number of para-hydroxylation sites is 2. The minimum atomic E-state index is 0.171. The van der Waals surface area contributed by atoms with Crippen molar-refractivity contribution in [1.29, 1.82) is 0 Å². The van der Waals surface area contributed by atoms with Gasteiger partial charge in [0.05, 0.1) is 22.6 Å². The molecule has 0 spiro atoms. The molecule has 6 nitrogen and oxygen atoms in total. The summed E-state index contributed by atoms with van der Waals surface area (Å²) < 4.78 is 1.88. The van der Waals surface area contributed by atoms with Gasteiger partial charge in [-0.1, -0.05) is 12.1 Å². The Labute approximate surface area is 112 Å². The van der Waals surface area contributed by atoms with Crippen LogP contribution < -0.4 is 0 Å². The van der Waals surface area contributed by atoms with Crippen molar-refractivity contribution in [3.05, 3.63) is 42.1 Å². The quantitative estimate of drug-likeness (QED) is 0.539. The van der Waals surface area contributed by atoms with Crippen molar-refractivity contribution in [2.24, 2.45) is 0 Å². The summed E-state index contributed by atoms with van der Waals surface area (Å²) in [5.74, 6) is 0.664. The molecule has 0 radical (unpaired) electrons. The monoisotopic (exact) mass is 270 g/mol. The lowest BCUT2D eigenvalue weighted by molar-refractivity contribution is 1.02. The van der Waals surface area contributed by atoms with Crippen LogP contribution in [0.25, 0.3) is 27.9 Å².